The van der Waals surface area contributed by atoms with E-state index in [4.69, 9.17) is 0 Å². The zero-order valence-electron chi connectivity index (χ0n) is 8.64. The number of H-pyrrole nitrogens is 1. The van der Waals surface area contributed by atoms with Crippen LogP contribution in [0.4, 0.5) is 0 Å². The van der Waals surface area contributed by atoms with Gasteiger partial charge >= 0.3 is 0 Å². The molecule has 3 rings (SSSR count). The van der Waals surface area contributed by atoms with E-state index < -0.39 is 0 Å². The van der Waals surface area contributed by atoms with Crippen molar-refractivity contribution in [3.63, 3.8) is 0 Å². The van der Waals surface area contributed by atoms with Crippen LogP contribution < -0.4 is 0 Å². The molecule has 0 aliphatic heterocycles. The number of hydrogen-bond acceptors (Lipinski definition) is 1. The number of aromatic nitrogens is 1. The fourth-order valence-corrected chi connectivity index (χ4v) is 2.00. The molecule has 0 amide bonds. The summed E-state index contributed by atoms with van der Waals surface area (Å²) in [5.41, 5.74) is 2.98. The molecule has 0 atom stereocenters. The molecule has 16 heavy (non-hydrogen) atoms. The number of benzene rings is 2. The quantitative estimate of drug-likeness (QED) is 0.631. The number of fused-ring (bicyclic) bond motifs is 1. The van der Waals surface area contributed by atoms with Crippen LogP contribution >= 0.6 is 0 Å². The van der Waals surface area contributed by atoms with Gasteiger partial charge in [-0.2, -0.15) is 0 Å². The molecule has 0 aliphatic rings. The van der Waals surface area contributed by atoms with Gasteiger partial charge in [-0.05, 0) is 12.1 Å². The van der Waals surface area contributed by atoms with Gasteiger partial charge in [0, 0.05) is 28.2 Å². The van der Waals surface area contributed by atoms with Gasteiger partial charge in [0.15, 0.2) is 0 Å². The first kappa shape index (κ1) is 9.04. The Labute approximate surface area is 93.2 Å². The normalized spacial score (nSPS) is 10.8. The summed E-state index contributed by atoms with van der Waals surface area (Å²) < 4.78 is 0. The molecule has 0 spiro atoms. The molecule has 1 heterocycles. The molecule has 2 heteroatoms. The highest BCUT2D eigenvalue weighted by Crippen LogP contribution is 2.33. The van der Waals surface area contributed by atoms with Gasteiger partial charge < -0.3 is 10.1 Å². The van der Waals surface area contributed by atoms with Crippen molar-refractivity contribution < 1.29 is 5.11 Å². The third-order valence-electron chi connectivity index (χ3n) is 2.78. The maximum Gasteiger partial charge on any atom is 0.123 e. The Kier molecular flexibility index (Phi) is 1.93. The van der Waals surface area contributed by atoms with Crippen molar-refractivity contribution in [2.75, 3.05) is 0 Å². The smallest absolute Gasteiger partial charge is 0.123 e. The lowest BCUT2D eigenvalue weighted by Crippen LogP contribution is -1.76. The van der Waals surface area contributed by atoms with E-state index in [-0.39, 0.29) is 0 Å². The van der Waals surface area contributed by atoms with Gasteiger partial charge in [-0.25, -0.2) is 0 Å². The summed E-state index contributed by atoms with van der Waals surface area (Å²) in [7, 11) is 0. The SMILES string of the molecule is Oc1ccccc1-c1c[nH]c2ccccc12. The summed E-state index contributed by atoms with van der Waals surface area (Å²) in [4.78, 5) is 3.20. The van der Waals surface area contributed by atoms with E-state index in [2.05, 4.69) is 4.98 Å². The van der Waals surface area contributed by atoms with Crippen molar-refractivity contribution in [1.29, 1.82) is 0 Å². The third-order valence-corrected chi connectivity index (χ3v) is 2.78. The number of phenols is 1. The Hall–Kier alpha value is -2.22. The van der Waals surface area contributed by atoms with Gasteiger partial charge in [0.2, 0.25) is 0 Å². The van der Waals surface area contributed by atoms with Crippen LogP contribution in [0.2, 0.25) is 0 Å². The Morgan fingerprint density at radius 2 is 1.56 bits per heavy atom. The number of phenolic OH excluding ortho intramolecular Hbond substituents is 1. The van der Waals surface area contributed by atoms with E-state index >= 15 is 0 Å². The molecular weight excluding hydrogens is 198 g/mol. The Morgan fingerprint density at radius 3 is 2.44 bits per heavy atom. The maximum absolute atomic E-state index is 9.83. The highest BCUT2D eigenvalue weighted by Gasteiger charge is 2.08. The van der Waals surface area contributed by atoms with E-state index in [9.17, 15) is 5.11 Å². The van der Waals surface area contributed by atoms with Gasteiger partial charge in [0.05, 0.1) is 0 Å². The Morgan fingerprint density at radius 1 is 0.812 bits per heavy atom. The standard InChI is InChI=1S/C14H11NO/c16-14-8-4-2-6-11(14)12-9-15-13-7-3-1-5-10(12)13/h1-9,15-16H. The lowest BCUT2D eigenvalue weighted by atomic mass is 10.0. The Balaban J connectivity index is 2.31. The van der Waals surface area contributed by atoms with Gasteiger partial charge in [0.25, 0.3) is 0 Å². The second-order valence-electron chi connectivity index (χ2n) is 3.77. The first-order valence-electron chi connectivity index (χ1n) is 5.21. The van der Waals surface area contributed by atoms with Crippen LogP contribution in [0.15, 0.2) is 54.7 Å². The highest BCUT2D eigenvalue weighted by molar-refractivity contribution is 5.96. The van der Waals surface area contributed by atoms with Crippen LogP contribution in [0.25, 0.3) is 22.0 Å². The van der Waals surface area contributed by atoms with Crippen molar-refractivity contribution in [1.82, 2.24) is 4.98 Å². The predicted molar refractivity (Wildman–Crippen MR) is 65.4 cm³/mol. The molecule has 2 aromatic carbocycles. The summed E-state index contributed by atoms with van der Waals surface area (Å²) in [6.07, 6.45) is 1.93. The zero-order chi connectivity index (χ0) is 11.0. The van der Waals surface area contributed by atoms with Gasteiger partial charge in [0.1, 0.15) is 5.75 Å². The van der Waals surface area contributed by atoms with Crippen molar-refractivity contribution in [2.24, 2.45) is 0 Å². The minimum Gasteiger partial charge on any atom is -0.507 e. The third kappa shape index (κ3) is 1.27. The molecule has 0 bridgehead atoms. The summed E-state index contributed by atoms with van der Waals surface area (Å²) in [6.45, 7) is 0. The number of para-hydroxylation sites is 2. The topological polar surface area (TPSA) is 36.0 Å². The monoisotopic (exact) mass is 209 g/mol. The van der Waals surface area contributed by atoms with Crippen molar-refractivity contribution >= 4 is 10.9 Å². The summed E-state index contributed by atoms with van der Waals surface area (Å²) in [5, 5.41) is 11.0. The van der Waals surface area contributed by atoms with Crippen LogP contribution in [0, 0.1) is 0 Å². The lowest BCUT2D eigenvalue weighted by molar-refractivity contribution is 0.477. The molecular formula is C14H11NO. The second-order valence-corrected chi connectivity index (χ2v) is 3.77. The molecule has 3 aromatic rings. The van der Waals surface area contributed by atoms with Crippen LogP contribution in [0.5, 0.6) is 5.75 Å². The van der Waals surface area contributed by atoms with Gasteiger partial charge in [-0.3, -0.25) is 0 Å². The number of hydrogen-bond donors (Lipinski definition) is 2. The molecule has 1 aromatic heterocycles. The molecule has 78 valence electrons. The largest absolute Gasteiger partial charge is 0.507 e. The predicted octanol–water partition coefficient (Wildman–Crippen LogP) is 3.54. The average Bonchev–Trinajstić information content (AvgIpc) is 2.74. The molecule has 0 unspecified atom stereocenters. The number of aromatic hydroxyl groups is 1. The second kappa shape index (κ2) is 3.42. The molecule has 0 radical (unpaired) electrons. The van der Waals surface area contributed by atoms with E-state index in [1.54, 1.807) is 6.07 Å². The van der Waals surface area contributed by atoms with Crippen LogP contribution in [-0.2, 0) is 0 Å². The van der Waals surface area contributed by atoms with Crippen LogP contribution in [0.3, 0.4) is 0 Å². The van der Waals surface area contributed by atoms with Gasteiger partial charge in [-0.1, -0.05) is 36.4 Å². The summed E-state index contributed by atoms with van der Waals surface area (Å²) >= 11 is 0. The van der Waals surface area contributed by atoms with E-state index in [1.807, 2.05) is 48.7 Å². The number of nitrogens with one attached hydrogen (secondary N) is 1. The molecule has 2 N–H and O–H groups in total. The molecule has 0 aliphatic carbocycles. The van der Waals surface area contributed by atoms with Gasteiger partial charge in [-0.15, -0.1) is 0 Å². The van der Waals surface area contributed by atoms with Crippen LogP contribution in [-0.4, -0.2) is 10.1 Å². The first-order valence-corrected chi connectivity index (χ1v) is 5.21. The highest BCUT2D eigenvalue weighted by atomic mass is 16.3. The number of rotatable bonds is 1. The van der Waals surface area contributed by atoms with Crippen molar-refractivity contribution in [3.05, 3.63) is 54.7 Å². The van der Waals surface area contributed by atoms with Crippen LogP contribution in [0.1, 0.15) is 0 Å². The molecule has 0 saturated carbocycles. The summed E-state index contributed by atoms with van der Waals surface area (Å²) in [5.74, 6) is 0.312. The zero-order valence-corrected chi connectivity index (χ0v) is 8.64. The van der Waals surface area contributed by atoms with E-state index in [1.165, 1.54) is 0 Å². The first-order chi connectivity index (χ1) is 7.86. The minimum atomic E-state index is 0.312. The van der Waals surface area contributed by atoms with E-state index in [0.717, 1.165) is 22.0 Å². The molecule has 2 nitrogen and oxygen atoms in total. The fraction of sp³-hybridized carbons (Fsp3) is 0. The average molecular weight is 209 g/mol. The Bertz CT molecular complexity index is 640. The molecule has 0 saturated heterocycles. The number of aromatic amines is 1. The maximum atomic E-state index is 9.83. The van der Waals surface area contributed by atoms with E-state index in [0.29, 0.717) is 5.75 Å². The lowest BCUT2D eigenvalue weighted by Gasteiger charge is -2.02. The minimum absolute atomic E-state index is 0.312. The van der Waals surface area contributed by atoms with Crippen molar-refractivity contribution in [2.45, 2.75) is 0 Å². The molecule has 0 fully saturated rings. The summed E-state index contributed by atoms with van der Waals surface area (Å²) in [6, 6.07) is 15.5. The van der Waals surface area contributed by atoms with Crippen molar-refractivity contribution in [3.8, 4) is 16.9 Å². The fourth-order valence-electron chi connectivity index (χ4n) is 2.00.